The molecule has 26 heavy (non-hydrogen) atoms. The van der Waals surface area contributed by atoms with E-state index in [1.807, 2.05) is 17.9 Å². The van der Waals surface area contributed by atoms with Gasteiger partial charge < -0.3 is 20.2 Å². The summed E-state index contributed by atoms with van der Waals surface area (Å²) in [5.41, 5.74) is 2.12. The molecule has 0 radical (unpaired) electrons. The van der Waals surface area contributed by atoms with Gasteiger partial charge in [-0.15, -0.1) is 5.11 Å². The summed E-state index contributed by atoms with van der Waals surface area (Å²) in [6.07, 6.45) is 0. The van der Waals surface area contributed by atoms with Crippen LogP contribution in [0.15, 0.2) is 46.6 Å². The molecular formula is C17H20N4O5. The number of non-ortho nitro benzene ring substituents is 1. The first-order valence-electron chi connectivity index (χ1n) is 7.92. The fourth-order valence-corrected chi connectivity index (χ4v) is 2.38. The standard InChI is InChI=1S/C17H20N4O5/c1-12-10-13(20(6-8-22)7-9-23)2-4-15(12)18-19-16-5-3-14(21(25)26)11-17(16)24/h2-5,10-11,22-24H,6-9H2,1H3. The fourth-order valence-electron chi connectivity index (χ4n) is 2.38. The number of aliphatic hydroxyl groups excluding tert-OH is 2. The van der Waals surface area contributed by atoms with Gasteiger partial charge in [0.25, 0.3) is 5.69 Å². The third-order valence-electron chi connectivity index (χ3n) is 3.72. The molecule has 2 rings (SSSR count). The zero-order chi connectivity index (χ0) is 19.1. The summed E-state index contributed by atoms with van der Waals surface area (Å²) in [5, 5.41) is 46.7. The highest BCUT2D eigenvalue weighted by Gasteiger charge is 2.10. The molecule has 0 unspecified atom stereocenters. The highest BCUT2D eigenvalue weighted by atomic mass is 16.6. The van der Waals surface area contributed by atoms with Crippen LogP contribution in [-0.2, 0) is 0 Å². The second-order valence-electron chi connectivity index (χ2n) is 5.54. The van der Waals surface area contributed by atoms with Gasteiger partial charge in [-0.05, 0) is 36.8 Å². The van der Waals surface area contributed by atoms with E-state index >= 15 is 0 Å². The molecule has 0 fully saturated rings. The summed E-state index contributed by atoms with van der Waals surface area (Å²) >= 11 is 0. The van der Waals surface area contributed by atoms with E-state index in [0.29, 0.717) is 18.8 Å². The molecular weight excluding hydrogens is 340 g/mol. The van der Waals surface area contributed by atoms with Gasteiger partial charge in [-0.2, -0.15) is 5.11 Å². The number of aliphatic hydroxyl groups is 2. The van der Waals surface area contributed by atoms with E-state index in [4.69, 9.17) is 10.2 Å². The van der Waals surface area contributed by atoms with Gasteiger partial charge in [0.15, 0.2) is 0 Å². The number of nitro benzene ring substituents is 1. The van der Waals surface area contributed by atoms with E-state index in [1.54, 1.807) is 12.1 Å². The van der Waals surface area contributed by atoms with E-state index in [0.717, 1.165) is 17.3 Å². The molecule has 0 amide bonds. The number of aryl methyl sites for hydroxylation is 1. The zero-order valence-electron chi connectivity index (χ0n) is 14.2. The van der Waals surface area contributed by atoms with Crippen LogP contribution in [-0.4, -0.2) is 46.5 Å². The summed E-state index contributed by atoms with van der Waals surface area (Å²) in [6.45, 7) is 2.58. The lowest BCUT2D eigenvalue weighted by Gasteiger charge is -2.23. The van der Waals surface area contributed by atoms with Crippen molar-refractivity contribution in [1.29, 1.82) is 0 Å². The van der Waals surface area contributed by atoms with Crippen molar-refractivity contribution < 1.29 is 20.2 Å². The Morgan fingerprint density at radius 2 is 1.65 bits per heavy atom. The number of anilines is 1. The molecule has 0 spiro atoms. The first-order chi connectivity index (χ1) is 12.5. The normalized spacial score (nSPS) is 11.0. The zero-order valence-corrected chi connectivity index (χ0v) is 14.2. The molecule has 138 valence electrons. The van der Waals surface area contributed by atoms with Gasteiger partial charge in [-0.1, -0.05) is 0 Å². The second-order valence-corrected chi connectivity index (χ2v) is 5.54. The Labute approximate surface area is 150 Å². The van der Waals surface area contributed by atoms with Crippen LogP contribution in [0, 0.1) is 17.0 Å². The molecule has 0 aliphatic carbocycles. The van der Waals surface area contributed by atoms with E-state index in [-0.39, 0.29) is 30.3 Å². The van der Waals surface area contributed by atoms with Crippen LogP contribution in [0.2, 0.25) is 0 Å². The van der Waals surface area contributed by atoms with Crippen LogP contribution in [0.4, 0.5) is 22.7 Å². The lowest BCUT2D eigenvalue weighted by atomic mass is 10.1. The van der Waals surface area contributed by atoms with Gasteiger partial charge >= 0.3 is 0 Å². The number of azo groups is 1. The number of aromatic hydroxyl groups is 1. The van der Waals surface area contributed by atoms with Crippen molar-refractivity contribution in [3.8, 4) is 5.75 Å². The molecule has 2 aromatic carbocycles. The Morgan fingerprint density at radius 3 is 2.19 bits per heavy atom. The molecule has 0 aliphatic rings. The van der Waals surface area contributed by atoms with Crippen LogP contribution in [0.3, 0.4) is 0 Å². The van der Waals surface area contributed by atoms with Gasteiger partial charge in [0.1, 0.15) is 11.4 Å². The minimum atomic E-state index is -0.603. The third-order valence-corrected chi connectivity index (χ3v) is 3.72. The minimum Gasteiger partial charge on any atom is -0.505 e. The summed E-state index contributed by atoms with van der Waals surface area (Å²) < 4.78 is 0. The van der Waals surface area contributed by atoms with Crippen molar-refractivity contribution in [3.63, 3.8) is 0 Å². The SMILES string of the molecule is Cc1cc(N(CCO)CCO)ccc1N=Nc1ccc([N+](=O)[O-])cc1O. The minimum absolute atomic E-state index is 0.0278. The predicted octanol–water partition coefficient (Wildman–Crippen LogP) is 2.82. The highest BCUT2D eigenvalue weighted by Crippen LogP contribution is 2.32. The number of hydrogen-bond donors (Lipinski definition) is 3. The number of benzene rings is 2. The maximum atomic E-state index is 10.7. The molecule has 3 N–H and O–H groups in total. The van der Waals surface area contributed by atoms with Crippen molar-refractivity contribution in [1.82, 2.24) is 0 Å². The summed E-state index contributed by atoms with van der Waals surface area (Å²) in [6, 6.07) is 8.97. The van der Waals surface area contributed by atoms with Gasteiger partial charge in [0.05, 0.1) is 29.9 Å². The summed E-state index contributed by atoms with van der Waals surface area (Å²) in [7, 11) is 0. The predicted molar refractivity (Wildman–Crippen MR) is 96.5 cm³/mol. The Kier molecular flexibility index (Phi) is 6.59. The van der Waals surface area contributed by atoms with E-state index < -0.39 is 4.92 Å². The number of rotatable bonds is 8. The maximum absolute atomic E-state index is 10.7. The molecule has 0 aliphatic heterocycles. The van der Waals surface area contributed by atoms with Crippen molar-refractivity contribution in [2.75, 3.05) is 31.2 Å². The van der Waals surface area contributed by atoms with Crippen LogP contribution < -0.4 is 4.90 Å². The van der Waals surface area contributed by atoms with Gasteiger partial charge in [0.2, 0.25) is 0 Å². The molecule has 0 aromatic heterocycles. The Bertz CT molecular complexity index is 804. The number of nitro groups is 1. The fraction of sp³-hybridized carbons (Fsp3) is 0.294. The first kappa shape index (κ1) is 19.3. The first-order valence-corrected chi connectivity index (χ1v) is 7.92. The van der Waals surface area contributed by atoms with Crippen LogP contribution in [0.5, 0.6) is 5.75 Å². The van der Waals surface area contributed by atoms with E-state index in [2.05, 4.69) is 10.2 Å². The maximum Gasteiger partial charge on any atom is 0.273 e. The van der Waals surface area contributed by atoms with Crippen molar-refractivity contribution in [2.45, 2.75) is 6.92 Å². The second kappa shape index (κ2) is 8.88. The molecule has 9 heteroatoms. The van der Waals surface area contributed by atoms with Crippen LogP contribution >= 0.6 is 0 Å². The van der Waals surface area contributed by atoms with E-state index in [9.17, 15) is 15.2 Å². The van der Waals surface area contributed by atoms with Gasteiger partial charge in [-0.3, -0.25) is 10.1 Å². The van der Waals surface area contributed by atoms with E-state index in [1.165, 1.54) is 12.1 Å². The average Bonchev–Trinajstić information content (AvgIpc) is 2.61. The Hall–Kier alpha value is -3.04. The quantitative estimate of drug-likeness (QED) is 0.377. The van der Waals surface area contributed by atoms with Crippen molar-refractivity contribution in [2.24, 2.45) is 10.2 Å². The lowest BCUT2D eigenvalue weighted by Crippen LogP contribution is -2.29. The number of hydrogen-bond acceptors (Lipinski definition) is 8. The van der Waals surface area contributed by atoms with Crippen molar-refractivity contribution >= 4 is 22.7 Å². The van der Waals surface area contributed by atoms with Crippen molar-refractivity contribution in [3.05, 3.63) is 52.1 Å². The number of nitrogens with zero attached hydrogens (tertiary/aromatic N) is 4. The summed E-state index contributed by atoms with van der Waals surface area (Å²) in [4.78, 5) is 11.9. The molecule has 0 saturated carbocycles. The monoisotopic (exact) mass is 360 g/mol. The molecule has 9 nitrogen and oxygen atoms in total. The number of phenols is 1. The smallest absolute Gasteiger partial charge is 0.273 e. The van der Waals surface area contributed by atoms with Crippen LogP contribution in [0.25, 0.3) is 0 Å². The van der Waals surface area contributed by atoms with Gasteiger partial charge in [0, 0.05) is 24.8 Å². The topological polar surface area (TPSA) is 132 Å². The number of phenolic OH excluding ortho intramolecular Hbond substituents is 1. The molecule has 2 aromatic rings. The Morgan fingerprint density at radius 1 is 1.04 bits per heavy atom. The average molecular weight is 360 g/mol. The van der Waals surface area contributed by atoms with Gasteiger partial charge in [-0.25, -0.2) is 0 Å². The molecule has 0 saturated heterocycles. The Balaban J connectivity index is 2.22. The largest absolute Gasteiger partial charge is 0.505 e. The highest BCUT2D eigenvalue weighted by molar-refractivity contribution is 5.59. The third kappa shape index (κ3) is 4.74. The molecule has 0 heterocycles. The molecule has 0 atom stereocenters. The van der Waals surface area contributed by atoms with Crippen LogP contribution in [0.1, 0.15) is 5.56 Å². The summed E-state index contributed by atoms with van der Waals surface area (Å²) in [5.74, 6) is -0.325. The molecule has 0 bridgehead atoms. The lowest BCUT2D eigenvalue weighted by molar-refractivity contribution is -0.384.